The summed E-state index contributed by atoms with van der Waals surface area (Å²) in [6.45, 7) is 6.70. The van der Waals surface area contributed by atoms with Gasteiger partial charge in [0, 0.05) is 6.42 Å². The smallest absolute Gasteiger partial charge is 0.253 e. The molecule has 1 aromatic heterocycles. The average Bonchev–Trinajstić information content (AvgIpc) is 2.84. The van der Waals surface area contributed by atoms with Gasteiger partial charge in [-0.05, 0) is 23.1 Å². The minimum atomic E-state index is -0.00385. The number of hydrogen-bond donors (Lipinski definition) is 1. The van der Waals surface area contributed by atoms with Crippen molar-refractivity contribution in [3.8, 4) is 5.75 Å². The minimum absolute atomic E-state index is 0.00385. The Labute approximate surface area is 118 Å². The number of aromatic nitrogens is 2. The third kappa shape index (κ3) is 3.81. The normalized spacial score (nSPS) is 11.6. The van der Waals surface area contributed by atoms with E-state index in [0.717, 1.165) is 5.75 Å². The van der Waals surface area contributed by atoms with Crippen LogP contribution in [0.3, 0.4) is 0 Å². The first-order chi connectivity index (χ1) is 9.49. The van der Waals surface area contributed by atoms with E-state index in [4.69, 9.17) is 14.3 Å². The van der Waals surface area contributed by atoms with E-state index in [0.29, 0.717) is 18.2 Å². The van der Waals surface area contributed by atoms with Crippen LogP contribution in [0.1, 0.15) is 38.1 Å². The largest absolute Gasteiger partial charge is 0.484 e. The lowest BCUT2D eigenvalue weighted by Gasteiger charge is -2.19. The average molecular weight is 276 g/mol. The van der Waals surface area contributed by atoms with Gasteiger partial charge in [-0.3, -0.25) is 0 Å². The Morgan fingerprint density at radius 3 is 2.65 bits per heavy atom. The van der Waals surface area contributed by atoms with Gasteiger partial charge in [0.15, 0.2) is 6.61 Å². The van der Waals surface area contributed by atoms with Crippen LogP contribution in [0.25, 0.3) is 0 Å². The molecule has 0 saturated heterocycles. The van der Waals surface area contributed by atoms with Crippen molar-refractivity contribution in [1.82, 2.24) is 10.2 Å². The molecule has 20 heavy (non-hydrogen) atoms. The summed E-state index contributed by atoms with van der Waals surface area (Å²) in [5.74, 6) is 1.61. The maximum atomic E-state index is 8.78. The van der Waals surface area contributed by atoms with Crippen LogP contribution in [0.5, 0.6) is 5.75 Å². The Bertz CT molecular complexity index is 558. The van der Waals surface area contributed by atoms with E-state index >= 15 is 0 Å². The SMILES string of the molecule is CC(C)(C)c1cccc(OCc2nnc(CCO)o2)c1. The molecular weight excluding hydrogens is 256 g/mol. The number of ether oxygens (including phenoxy) is 1. The lowest BCUT2D eigenvalue weighted by atomic mass is 9.87. The van der Waals surface area contributed by atoms with Crippen molar-refractivity contribution in [1.29, 1.82) is 0 Å². The zero-order valence-corrected chi connectivity index (χ0v) is 12.1. The van der Waals surface area contributed by atoms with Gasteiger partial charge in [-0.25, -0.2) is 0 Å². The molecule has 0 bridgehead atoms. The molecule has 0 spiro atoms. The Kier molecular flexibility index (Phi) is 4.39. The molecular formula is C15H20N2O3. The van der Waals surface area contributed by atoms with E-state index in [2.05, 4.69) is 37.0 Å². The first-order valence-corrected chi connectivity index (χ1v) is 6.64. The van der Waals surface area contributed by atoms with Gasteiger partial charge in [-0.2, -0.15) is 0 Å². The summed E-state index contributed by atoms with van der Waals surface area (Å²) in [6.07, 6.45) is 0.368. The molecule has 2 rings (SSSR count). The van der Waals surface area contributed by atoms with Gasteiger partial charge in [-0.1, -0.05) is 32.9 Å². The first kappa shape index (κ1) is 14.5. The second-order valence-electron chi connectivity index (χ2n) is 5.63. The highest BCUT2D eigenvalue weighted by molar-refractivity contribution is 5.32. The molecule has 0 aliphatic heterocycles. The van der Waals surface area contributed by atoms with Gasteiger partial charge < -0.3 is 14.3 Å². The van der Waals surface area contributed by atoms with Gasteiger partial charge in [0.2, 0.25) is 5.89 Å². The second kappa shape index (κ2) is 6.05. The number of nitrogens with zero attached hydrogens (tertiary/aromatic N) is 2. The molecule has 0 amide bonds. The van der Waals surface area contributed by atoms with Crippen LogP contribution in [0.4, 0.5) is 0 Å². The molecule has 1 heterocycles. The fourth-order valence-electron chi connectivity index (χ4n) is 1.74. The quantitative estimate of drug-likeness (QED) is 0.908. The Hall–Kier alpha value is -1.88. The topological polar surface area (TPSA) is 68.4 Å². The Morgan fingerprint density at radius 2 is 1.95 bits per heavy atom. The molecule has 0 atom stereocenters. The highest BCUT2D eigenvalue weighted by Gasteiger charge is 2.14. The van der Waals surface area contributed by atoms with Crippen LogP contribution >= 0.6 is 0 Å². The third-order valence-electron chi connectivity index (χ3n) is 2.90. The highest BCUT2D eigenvalue weighted by Crippen LogP contribution is 2.25. The zero-order valence-electron chi connectivity index (χ0n) is 12.1. The summed E-state index contributed by atoms with van der Waals surface area (Å²) in [5.41, 5.74) is 1.29. The molecule has 0 saturated carbocycles. The number of rotatable bonds is 5. The van der Waals surface area contributed by atoms with Crippen molar-refractivity contribution >= 4 is 0 Å². The molecule has 108 valence electrons. The maximum absolute atomic E-state index is 8.78. The third-order valence-corrected chi connectivity index (χ3v) is 2.90. The lowest BCUT2D eigenvalue weighted by Crippen LogP contribution is -2.11. The fourth-order valence-corrected chi connectivity index (χ4v) is 1.74. The predicted octanol–water partition coefficient (Wildman–Crippen LogP) is 2.48. The van der Waals surface area contributed by atoms with Crippen LogP contribution in [0.15, 0.2) is 28.7 Å². The predicted molar refractivity (Wildman–Crippen MR) is 74.6 cm³/mol. The maximum Gasteiger partial charge on any atom is 0.253 e. The van der Waals surface area contributed by atoms with Crippen LogP contribution in [0, 0.1) is 0 Å². The monoisotopic (exact) mass is 276 g/mol. The summed E-state index contributed by atoms with van der Waals surface area (Å²) in [6, 6.07) is 7.98. The van der Waals surface area contributed by atoms with Crippen molar-refractivity contribution in [2.75, 3.05) is 6.61 Å². The van der Waals surface area contributed by atoms with E-state index in [1.807, 2.05) is 18.2 Å². The van der Waals surface area contributed by atoms with Crippen LogP contribution < -0.4 is 4.74 Å². The standard InChI is InChI=1S/C15H20N2O3/c1-15(2,3)11-5-4-6-12(9-11)19-10-14-17-16-13(20-14)7-8-18/h4-6,9,18H,7-8,10H2,1-3H3. The Balaban J connectivity index is 1.99. The van der Waals surface area contributed by atoms with Crippen LogP contribution in [-0.2, 0) is 18.4 Å². The van der Waals surface area contributed by atoms with Crippen LogP contribution in [-0.4, -0.2) is 21.9 Å². The van der Waals surface area contributed by atoms with E-state index in [-0.39, 0.29) is 18.6 Å². The molecule has 0 radical (unpaired) electrons. The summed E-state index contributed by atoms with van der Waals surface area (Å²) in [4.78, 5) is 0. The number of hydrogen-bond acceptors (Lipinski definition) is 5. The molecule has 1 aromatic carbocycles. The van der Waals surface area contributed by atoms with E-state index in [1.165, 1.54) is 5.56 Å². The molecule has 0 aliphatic rings. The minimum Gasteiger partial charge on any atom is -0.484 e. The molecule has 1 N–H and O–H groups in total. The van der Waals surface area contributed by atoms with E-state index < -0.39 is 0 Å². The van der Waals surface area contributed by atoms with Crippen molar-refractivity contribution in [3.63, 3.8) is 0 Å². The van der Waals surface area contributed by atoms with Gasteiger partial charge in [0.1, 0.15) is 5.75 Å². The van der Waals surface area contributed by atoms with Crippen molar-refractivity contribution < 1.29 is 14.3 Å². The second-order valence-corrected chi connectivity index (χ2v) is 5.63. The molecule has 0 unspecified atom stereocenters. The molecule has 0 fully saturated rings. The molecule has 0 aliphatic carbocycles. The molecule has 5 heteroatoms. The first-order valence-electron chi connectivity index (χ1n) is 6.64. The summed E-state index contributed by atoms with van der Waals surface area (Å²) in [5, 5.41) is 16.5. The number of benzene rings is 1. The fraction of sp³-hybridized carbons (Fsp3) is 0.467. The molecule has 2 aromatic rings. The van der Waals surface area contributed by atoms with E-state index in [9.17, 15) is 0 Å². The van der Waals surface area contributed by atoms with Crippen LogP contribution in [0.2, 0.25) is 0 Å². The van der Waals surface area contributed by atoms with Gasteiger partial charge in [-0.15, -0.1) is 10.2 Å². The van der Waals surface area contributed by atoms with Gasteiger partial charge >= 0.3 is 0 Å². The summed E-state index contributed by atoms with van der Waals surface area (Å²) >= 11 is 0. The number of aliphatic hydroxyl groups is 1. The summed E-state index contributed by atoms with van der Waals surface area (Å²) < 4.78 is 11.0. The van der Waals surface area contributed by atoms with Crippen molar-refractivity contribution in [2.24, 2.45) is 0 Å². The van der Waals surface area contributed by atoms with Crippen molar-refractivity contribution in [3.05, 3.63) is 41.6 Å². The highest BCUT2D eigenvalue weighted by atomic mass is 16.5. The molecule has 5 nitrogen and oxygen atoms in total. The van der Waals surface area contributed by atoms with E-state index in [1.54, 1.807) is 0 Å². The van der Waals surface area contributed by atoms with Crippen molar-refractivity contribution in [2.45, 2.75) is 39.2 Å². The summed E-state index contributed by atoms with van der Waals surface area (Å²) in [7, 11) is 0. The number of aliphatic hydroxyl groups excluding tert-OH is 1. The van der Waals surface area contributed by atoms with Gasteiger partial charge in [0.25, 0.3) is 5.89 Å². The Morgan fingerprint density at radius 1 is 1.20 bits per heavy atom. The van der Waals surface area contributed by atoms with Gasteiger partial charge in [0.05, 0.1) is 6.61 Å². The lowest BCUT2D eigenvalue weighted by molar-refractivity contribution is 0.249. The zero-order chi connectivity index (χ0) is 14.6.